The second-order valence-electron chi connectivity index (χ2n) is 3.86. The van der Waals surface area contributed by atoms with Crippen LogP contribution < -0.4 is 5.32 Å². The normalized spacial score (nSPS) is 20.1. The second kappa shape index (κ2) is 5.60. The van der Waals surface area contributed by atoms with E-state index in [1.54, 1.807) is 0 Å². The van der Waals surface area contributed by atoms with Crippen LogP contribution in [0.25, 0.3) is 0 Å². The fourth-order valence-electron chi connectivity index (χ4n) is 1.79. The van der Waals surface area contributed by atoms with Crippen molar-refractivity contribution in [1.29, 1.82) is 5.26 Å². The van der Waals surface area contributed by atoms with E-state index in [4.69, 9.17) is 5.26 Å². The lowest BCUT2D eigenvalue weighted by Crippen LogP contribution is -2.25. The summed E-state index contributed by atoms with van der Waals surface area (Å²) >= 11 is 5.41. The molecular formula is C12H13BrN2S. The van der Waals surface area contributed by atoms with Crippen molar-refractivity contribution in [3.63, 3.8) is 0 Å². The van der Waals surface area contributed by atoms with Crippen molar-refractivity contribution in [2.45, 2.75) is 18.9 Å². The third kappa shape index (κ3) is 2.93. The number of hydrogen-bond acceptors (Lipinski definition) is 3. The zero-order valence-corrected chi connectivity index (χ0v) is 11.3. The van der Waals surface area contributed by atoms with Gasteiger partial charge in [0.05, 0.1) is 5.56 Å². The van der Waals surface area contributed by atoms with Gasteiger partial charge in [-0.2, -0.15) is 17.0 Å². The van der Waals surface area contributed by atoms with Gasteiger partial charge in [0.25, 0.3) is 0 Å². The highest BCUT2D eigenvalue weighted by molar-refractivity contribution is 9.10. The second-order valence-corrected chi connectivity index (χ2v) is 5.87. The Balaban J connectivity index is 2.04. The molecule has 1 heterocycles. The number of hydrogen-bond donors (Lipinski definition) is 1. The average molecular weight is 297 g/mol. The molecule has 2 nitrogen and oxygen atoms in total. The number of halogens is 1. The van der Waals surface area contributed by atoms with E-state index in [1.165, 1.54) is 24.3 Å². The largest absolute Gasteiger partial charge is 0.381 e. The van der Waals surface area contributed by atoms with Crippen molar-refractivity contribution in [2.24, 2.45) is 0 Å². The predicted octanol–water partition coefficient (Wildman–Crippen LogP) is 3.63. The molecule has 1 unspecified atom stereocenters. The van der Waals surface area contributed by atoms with Crippen molar-refractivity contribution in [3.8, 4) is 6.07 Å². The van der Waals surface area contributed by atoms with Gasteiger partial charge in [-0.05, 0) is 52.7 Å². The molecule has 84 valence electrons. The lowest BCUT2D eigenvalue weighted by Gasteiger charge is -2.23. The average Bonchev–Trinajstić information content (AvgIpc) is 2.31. The van der Waals surface area contributed by atoms with Gasteiger partial charge >= 0.3 is 0 Å². The highest BCUT2D eigenvalue weighted by Gasteiger charge is 2.13. The molecule has 0 aromatic heterocycles. The van der Waals surface area contributed by atoms with Gasteiger partial charge in [-0.1, -0.05) is 0 Å². The number of nitriles is 1. The van der Waals surface area contributed by atoms with E-state index in [-0.39, 0.29) is 0 Å². The lowest BCUT2D eigenvalue weighted by atomic mass is 10.1. The Morgan fingerprint density at radius 1 is 1.50 bits per heavy atom. The molecular weight excluding hydrogens is 284 g/mol. The van der Waals surface area contributed by atoms with Crippen LogP contribution in [-0.4, -0.2) is 17.5 Å². The molecule has 4 heteroatoms. The van der Waals surface area contributed by atoms with Crippen LogP contribution in [0.3, 0.4) is 0 Å². The Hall–Kier alpha value is -0.660. The van der Waals surface area contributed by atoms with E-state index in [2.05, 4.69) is 27.3 Å². The van der Waals surface area contributed by atoms with Gasteiger partial charge in [0.2, 0.25) is 0 Å². The summed E-state index contributed by atoms with van der Waals surface area (Å²) in [5.74, 6) is 2.47. The van der Waals surface area contributed by atoms with Crippen LogP contribution in [-0.2, 0) is 0 Å². The third-order valence-corrected chi connectivity index (χ3v) is 4.49. The topological polar surface area (TPSA) is 35.8 Å². The molecule has 0 spiro atoms. The lowest BCUT2D eigenvalue weighted by molar-refractivity contribution is 0.685. The summed E-state index contributed by atoms with van der Waals surface area (Å²) in [5, 5.41) is 12.3. The summed E-state index contributed by atoms with van der Waals surface area (Å²) < 4.78 is 0.864. The number of nitrogens with one attached hydrogen (secondary N) is 1. The van der Waals surface area contributed by atoms with E-state index in [9.17, 15) is 0 Å². The van der Waals surface area contributed by atoms with Crippen molar-refractivity contribution in [1.82, 2.24) is 0 Å². The Bertz CT molecular complexity index is 408. The molecule has 0 aliphatic carbocycles. The number of anilines is 1. The van der Waals surface area contributed by atoms with Crippen LogP contribution in [0.4, 0.5) is 5.69 Å². The minimum absolute atomic E-state index is 0.568. The SMILES string of the molecule is N#Cc1ccc(NC2CCCSC2)cc1Br. The fourth-order valence-corrected chi connectivity index (χ4v) is 3.33. The van der Waals surface area contributed by atoms with Gasteiger partial charge < -0.3 is 5.32 Å². The first kappa shape index (κ1) is 11.8. The van der Waals surface area contributed by atoms with E-state index in [1.807, 2.05) is 30.0 Å². The van der Waals surface area contributed by atoms with E-state index in [0.29, 0.717) is 11.6 Å². The summed E-state index contributed by atoms with van der Waals surface area (Å²) in [6.07, 6.45) is 2.53. The monoisotopic (exact) mass is 296 g/mol. The summed E-state index contributed by atoms with van der Waals surface area (Å²) in [6, 6.07) is 8.52. The van der Waals surface area contributed by atoms with E-state index >= 15 is 0 Å². The van der Waals surface area contributed by atoms with Crippen molar-refractivity contribution in [2.75, 3.05) is 16.8 Å². The number of thioether (sulfide) groups is 1. The zero-order chi connectivity index (χ0) is 11.4. The maximum absolute atomic E-state index is 8.83. The Kier molecular flexibility index (Phi) is 4.14. The molecule has 0 radical (unpaired) electrons. The molecule has 2 rings (SSSR count). The van der Waals surface area contributed by atoms with Gasteiger partial charge in [0.15, 0.2) is 0 Å². The summed E-state index contributed by atoms with van der Waals surface area (Å²) in [5.41, 5.74) is 1.78. The van der Waals surface area contributed by atoms with Crippen LogP contribution in [0.2, 0.25) is 0 Å². The van der Waals surface area contributed by atoms with Gasteiger partial charge in [-0.25, -0.2) is 0 Å². The van der Waals surface area contributed by atoms with Crippen molar-refractivity contribution < 1.29 is 0 Å². The molecule has 1 aromatic carbocycles. The number of nitrogens with zero attached hydrogens (tertiary/aromatic N) is 1. The highest BCUT2D eigenvalue weighted by Crippen LogP contribution is 2.24. The summed E-state index contributed by atoms with van der Waals surface area (Å²) in [7, 11) is 0. The summed E-state index contributed by atoms with van der Waals surface area (Å²) in [6.45, 7) is 0. The minimum atomic E-state index is 0.568. The molecule has 1 fully saturated rings. The Morgan fingerprint density at radius 2 is 2.38 bits per heavy atom. The first-order chi connectivity index (χ1) is 7.79. The van der Waals surface area contributed by atoms with E-state index < -0.39 is 0 Å². The van der Waals surface area contributed by atoms with Crippen LogP contribution >= 0.6 is 27.7 Å². The highest BCUT2D eigenvalue weighted by atomic mass is 79.9. The molecule has 0 bridgehead atoms. The fraction of sp³-hybridized carbons (Fsp3) is 0.417. The van der Waals surface area contributed by atoms with Gasteiger partial charge in [-0.15, -0.1) is 0 Å². The van der Waals surface area contributed by atoms with Gasteiger partial charge in [0, 0.05) is 22.0 Å². The van der Waals surface area contributed by atoms with Crippen LogP contribution in [0.15, 0.2) is 22.7 Å². The molecule has 0 saturated carbocycles. The maximum atomic E-state index is 8.83. The molecule has 1 aliphatic heterocycles. The van der Waals surface area contributed by atoms with Crippen molar-refractivity contribution >= 4 is 33.4 Å². The summed E-state index contributed by atoms with van der Waals surface area (Å²) in [4.78, 5) is 0. The van der Waals surface area contributed by atoms with Crippen LogP contribution in [0.5, 0.6) is 0 Å². The number of rotatable bonds is 2. The minimum Gasteiger partial charge on any atom is -0.381 e. The van der Waals surface area contributed by atoms with Crippen LogP contribution in [0.1, 0.15) is 18.4 Å². The van der Waals surface area contributed by atoms with Crippen LogP contribution in [0, 0.1) is 11.3 Å². The predicted molar refractivity (Wildman–Crippen MR) is 72.8 cm³/mol. The molecule has 0 amide bonds. The first-order valence-electron chi connectivity index (χ1n) is 5.33. The molecule has 16 heavy (non-hydrogen) atoms. The van der Waals surface area contributed by atoms with Crippen molar-refractivity contribution in [3.05, 3.63) is 28.2 Å². The standard InChI is InChI=1S/C12H13BrN2S/c13-12-6-10(4-3-9(12)7-14)15-11-2-1-5-16-8-11/h3-4,6,11,15H,1-2,5,8H2. The third-order valence-electron chi connectivity index (χ3n) is 2.62. The van der Waals surface area contributed by atoms with Gasteiger partial charge in [0.1, 0.15) is 6.07 Å². The Morgan fingerprint density at radius 3 is 3.00 bits per heavy atom. The smallest absolute Gasteiger partial charge is 0.100 e. The first-order valence-corrected chi connectivity index (χ1v) is 7.28. The van der Waals surface area contributed by atoms with Gasteiger partial charge in [-0.3, -0.25) is 0 Å². The Labute approximate surface area is 109 Å². The molecule has 1 N–H and O–H groups in total. The number of benzene rings is 1. The molecule has 1 saturated heterocycles. The zero-order valence-electron chi connectivity index (χ0n) is 8.87. The molecule has 1 aliphatic rings. The van der Waals surface area contributed by atoms with E-state index in [0.717, 1.165) is 10.2 Å². The maximum Gasteiger partial charge on any atom is 0.100 e. The molecule has 1 atom stereocenters. The quantitative estimate of drug-likeness (QED) is 0.905. The molecule has 1 aromatic rings.